The zero-order valence-corrected chi connectivity index (χ0v) is 11.8. The Morgan fingerprint density at radius 2 is 2.33 bits per heavy atom. The van der Waals surface area contributed by atoms with Crippen LogP contribution in [0.15, 0.2) is 9.62 Å². The minimum absolute atomic E-state index is 0.152. The molecule has 8 nitrogen and oxygen atoms in total. The number of hydrogen-bond acceptors (Lipinski definition) is 6. The summed E-state index contributed by atoms with van der Waals surface area (Å²) in [5, 5.41) is 7.84. The number of aryl methyl sites for hydroxylation is 1. The maximum atomic E-state index is 12.5. The van der Waals surface area contributed by atoms with Crippen LogP contribution in [0.4, 0.5) is 0 Å². The first-order valence-corrected chi connectivity index (χ1v) is 7.18. The Morgan fingerprint density at radius 3 is 3.00 bits per heavy atom. The third kappa shape index (κ3) is 2.65. The molecule has 112 valence electrons. The van der Waals surface area contributed by atoms with Gasteiger partial charge in [-0.05, 0) is 12.8 Å². The van der Waals surface area contributed by atoms with Crippen molar-refractivity contribution in [3.63, 3.8) is 0 Å². The van der Waals surface area contributed by atoms with Gasteiger partial charge >= 0.3 is 0 Å². The van der Waals surface area contributed by atoms with Crippen molar-refractivity contribution in [2.45, 2.75) is 45.1 Å². The Labute approximate surface area is 121 Å². The van der Waals surface area contributed by atoms with Gasteiger partial charge in [0.15, 0.2) is 5.82 Å². The largest absolute Gasteiger partial charge is 0.339 e. The molecular weight excluding hydrogens is 274 g/mol. The number of nitrogens with one attached hydrogen (secondary N) is 1. The second-order valence-corrected chi connectivity index (χ2v) is 5.15. The molecular formula is C13H17N5O3. The van der Waals surface area contributed by atoms with Gasteiger partial charge in [-0.25, -0.2) is 5.43 Å². The Balaban J connectivity index is 1.77. The summed E-state index contributed by atoms with van der Waals surface area (Å²) in [6.07, 6.45) is 3.05. The third-order valence-electron chi connectivity index (χ3n) is 3.75. The number of hydrogen-bond donors (Lipinski definition) is 1. The highest BCUT2D eigenvalue weighted by Gasteiger charge is 2.35. The second kappa shape index (κ2) is 5.63. The third-order valence-corrected chi connectivity index (χ3v) is 3.75. The maximum absolute atomic E-state index is 12.5. The maximum Gasteiger partial charge on any atom is 0.270 e. The molecule has 1 fully saturated rings. The summed E-state index contributed by atoms with van der Waals surface area (Å²) in [4.78, 5) is 29.7. The zero-order valence-electron chi connectivity index (χ0n) is 11.8. The van der Waals surface area contributed by atoms with Gasteiger partial charge in [0, 0.05) is 25.8 Å². The van der Waals surface area contributed by atoms with Crippen LogP contribution in [0.25, 0.3) is 0 Å². The first-order valence-electron chi connectivity index (χ1n) is 7.18. The van der Waals surface area contributed by atoms with Crippen LogP contribution in [0.5, 0.6) is 0 Å². The van der Waals surface area contributed by atoms with E-state index in [2.05, 4.69) is 20.7 Å². The lowest BCUT2D eigenvalue weighted by Gasteiger charge is -2.23. The predicted molar refractivity (Wildman–Crippen MR) is 72.2 cm³/mol. The Kier molecular flexibility index (Phi) is 3.68. The summed E-state index contributed by atoms with van der Waals surface area (Å²) in [6, 6.07) is -0.165. The van der Waals surface area contributed by atoms with Crippen LogP contribution in [0.2, 0.25) is 0 Å². The molecule has 1 saturated heterocycles. The minimum atomic E-state index is -0.165. The van der Waals surface area contributed by atoms with E-state index in [-0.39, 0.29) is 17.9 Å². The highest BCUT2D eigenvalue weighted by molar-refractivity contribution is 6.39. The lowest BCUT2D eigenvalue weighted by molar-refractivity contribution is -0.125. The smallest absolute Gasteiger partial charge is 0.270 e. The summed E-state index contributed by atoms with van der Waals surface area (Å²) in [7, 11) is 0. The summed E-state index contributed by atoms with van der Waals surface area (Å²) < 4.78 is 5.13. The molecule has 8 heteroatoms. The monoisotopic (exact) mass is 291 g/mol. The normalized spacial score (nSPS) is 22.1. The summed E-state index contributed by atoms with van der Waals surface area (Å²) in [6.45, 7) is 2.58. The van der Waals surface area contributed by atoms with Gasteiger partial charge in [-0.1, -0.05) is 12.1 Å². The zero-order chi connectivity index (χ0) is 14.8. The number of aromatic nitrogens is 2. The van der Waals surface area contributed by atoms with Gasteiger partial charge in [0.1, 0.15) is 5.71 Å². The van der Waals surface area contributed by atoms with E-state index in [1.54, 1.807) is 4.90 Å². The lowest BCUT2D eigenvalue weighted by atomic mass is 10.1. The van der Waals surface area contributed by atoms with E-state index >= 15 is 0 Å². The Hall–Kier alpha value is -2.25. The van der Waals surface area contributed by atoms with Crippen molar-refractivity contribution in [2.75, 3.05) is 6.54 Å². The fraction of sp³-hybridized carbons (Fsp3) is 0.615. The molecule has 0 spiro atoms. The molecule has 0 aromatic carbocycles. The highest BCUT2D eigenvalue weighted by Crippen LogP contribution is 2.30. The van der Waals surface area contributed by atoms with Crippen LogP contribution in [0.1, 0.15) is 50.4 Å². The molecule has 0 radical (unpaired) electrons. The lowest BCUT2D eigenvalue weighted by Crippen LogP contribution is -2.40. The topological polar surface area (TPSA) is 101 Å². The van der Waals surface area contributed by atoms with Gasteiger partial charge in [-0.3, -0.25) is 9.59 Å². The van der Waals surface area contributed by atoms with Gasteiger partial charge in [-0.2, -0.15) is 10.1 Å². The van der Waals surface area contributed by atoms with Crippen LogP contribution in [0, 0.1) is 0 Å². The molecule has 2 aliphatic heterocycles. The van der Waals surface area contributed by atoms with Crippen LogP contribution in [-0.4, -0.2) is 39.1 Å². The van der Waals surface area contributed by atoms with E-state index in [1.807, 2.05) is 6.92 Å². The van der Waals surface area contributed by atoms with Gasteiger partial charge in [0.2, 0.25) is 11.8 Å². The molecule has 3 rings (SSSR count). The van der Waals surface area contributed by atoms with Crippen LogP contribution >= 0.6 is 0 Å². The average Bonchev–Trinajstić information content (AvgIpc) is 3.15. The van der Waals surface area contributed by atoms with E-state index in [0.29, 0.717) is 43.2 Å². The molecule has 0 unspecified atom stereocenters. The molecule has 3 heterocycles. The quantitative estimate of drug-likeness (QED) is 0.877. The van der Waals surface area contributed by atoms with Gasteiger partial charge < -0.3 is 9.42 Å². The van der Waals surface area contributed by atoms with E-state index in [9.17, 15) is 9.59 Å². The average molecular weight is 291 g/mol. The number of nitrogens with zero attached hydrogens (tertiary/aromatic N) is 4. The molecule has 1 atom stereocenters. The number of likely N-dealkylation sites (tertiary alicyclic amines) is 1. The summed E-state index contributed by atoms with van der Waals surface area (Å²) >= 11 is 0. The highest BCUT2D eigenvalue weighted by atomic mass is 16.5. The molecule has 2 aliphatic rings. The first kappa shape index (κ1) is 13.7. The molecule has 0 bridgehead atoms. The van der Waals surface area contributed by atoms with Gasteiger partial charge in [0.25, 0.3) is 5.91 Å². The van der Waals surface area contributed by atoms with Crippen LogP contribution in [-0.2, 0) is 16.0 Å². The summed E-state index contributed by atoms with van der Waals surface area (Å²) in [5.41, 5.74) is 2.75. The van der Waals surface area contributed by atoms with Crippen molar-refractivity contribution in [3.8, 4) is 0 Å². The van der Waals surface area contributed by atoms with Crippen molar-refractivity contribution in [1.82, 2.24) is 20.5 Å². The van der Waals surface area contributed by atoms with E-state index < -0.39 is 0 Å². The number of amides is 2. The van der Waals surface area contributed by atoms with Crippen LogP contribution < -0.4 is 5.43 Å². The fourth-order valence-electron chi connectivity index (χ4n) is 2.62. The molecule has 21 heavy (non-hydrogen) atoms. The second-order valence-electron chi connectivity index (χ2n) is 5.15. The number of hydrazone groups is 1. The van der Waals surface area contributed by atoms with Crippen molar-refractivity contribution in [3.05, 3.63) is 11.7 Å². The first-order chi connectivity index (χ1) is 10.2. The molecule has 1 aromatic heterocycles. The molecule has 1 aromatic rings. The number of rotatable bonds is 3. The minimum Gasteiger partial charge on any atom is -0.339 e. The molecule has 1 N–H and O–H groups in total. The number of carbonyl (C=O) groups is 2. The number of carbonyl (C=O) groups excluding carboxylic acids is 2. The van der Waals surface area contributed by atoms with E-state index in [4.69, 9.17) is 4.52 Å². The van der Waals surface area contributed by atoms with Crippen molar-refractivity contribution >= 4 is 17.5 Å². The van der Waals surface area contributed by atoms with E-state index in [0.717, 1.165) is 12.8 Å². The Morgan fingerprint density at radius 1 is 1.48 bits per heavy atom. The van der Waals surface area contributed by atoms with Gasteiger partial charge in [0.05, 0.1) is 6.04 Å². The molecule has 0 aliphatic carbocycles. The van der Waals surface area contributed by atoms with E-state index in [1.165, 1.54) is 0 Å². The molecule has 0 saturated carbocycles. The molecule has 2 amide bonds. The van der Waals surface area contributed by atoms with Crippen molar-refractivity contribution in [1.29, 1.82) is 0 Å². The predicted octanol–water partition coefficient (Wildman–Crippen LogP) is 0.561. The van der Waals surface area contributed by atoms with Crippen molar-refractivity contribution in [2.24, 2.45) is 5.10 Å². The van der Waals surface area contributed by atoms with Crippen molar-refractivity contribution < 1.29 is 14.1 Å². The summed E-state index contributed by atoms with van der Waals surface area (Å²) in [5.74, 6) is 0.820. The fourth-order valence-corrected chi connectivity index (χ4v) is 2.62. The Bertz CT molecular complexity index is 594. The van der Waals surface area contributed by atoms with Gasteiger partial charge in [-0.15, -0.1) is 0 Å². The standard InChI is InChI=1S/C13H17N5O3/c1-2-11-14-12(17-21-11)9-4-3-7-18(9)13(20)8-5-6-10(19)16-15-8/h9H,2-7H2,1H3,(H,16,19)/t9-/m0/s1. The SMILES string of the molecule is CCc1nc([C@@H]2CCCN2C(=O)C2=NNC(=O)CC2)no1. The van der Waals surface area contributed by atoms with Crippen LogP contribution in [0.3, 0.4) is 0 Å².